The maximum Gasteiger partial charge on any atom is 0.305 e. The van der Waals surface area contributed by atoms with Crippen molar-refractivity contribution in [2.75, 3.05) is 13.2 Å². The van der Waals surface area contributed by atoms with Gasteiger partial charge in [-0.1, -0.05) is 29.8 Å². The van der Waals surface area contributed by atoms with Gasteiger partial charge in [0.1, 0.15) is 6.04 Å². The lowest BCUT2D eigenvalue weighted by molar-refractivity contribution is -0.143. The third-order valence-corrected chi connectivity index (χ3v) is 2.88. The molecule has 0 radical (unpaired) electrons. The maximum atomic E-state index is 11.8. The smallest absolute Gasteiger partial charge is 0.305 e. The average molecular weight is 315 g/mol. The monoisotopic (exact) mass is 314 g/mol. The Balaban J connectivity index is 0.00000400. The van der Waals surface area contributed by atoms with Gasteiger partial charge in [0, 0.05) is 13.0 Å². The van der Waals surface area contributed by atoms with Gasteiger partial charge in [-0.2, -0.15) is 0 Å². The fraction of sp³-hybridized carbons (Fsp3) is 0.467. The van der Waals surface area contributed by atoms with E-state index in [9.17, 15) is 9.59 Å². The second kappa shape index (κ2) is 10.2. The van der Waals surface area contributed by atoms with Crippen LogP contribution >= 0.6 is 12.4 Å². The van der Waals surface area contributed by atoms with E-state index in [-0.39, 0.29) is 24.3 Å². The highest BCUT2D eigenvalue weighted by Gasteiger charge is 2.14. The number of ether oxygens (including phenoxy) is 1. The summed E-state index contributed by atoms with van der Waals surface area (Å²) in [7, 11) is 0. The molecule has 0 aliphatic carbocycles. The van der Waals surface area contributed by atoms with E-state index in [1.165, 1.54) is 0 Å². The van der Waals surface area contributed by atoms with Crippen LogP contribution in [0.1, 0.15) is 36.9 Å². The van der Waals surface area contributed by atoms with Crippen LogP contribution in [0.4, 0.5) is 0 Å². The van der Waals surface area contributed by atoms with Gasteiger partial charge in [0.2, 0.25) is 5.91 Å². The number of hydrogen-bond acceptors (Lipinski definition) is 4. The van der Waals surface area contributed by atoms with Crippen LogP contribution in [0.2, 0.25) is 0 Å². The first kappa shape index (κ1) is 19.4. The molecule has 0 saturated heterocycles. The molecule has 3 N–H and O–H groups in total. The van der Waals surface area contributed by atoms with Crippen LogP contribution in [-0.4, -0.2) is 25.0 Å². The van der Waals surface area contributed by atoms with Crippen molar-refractivity contribution in [1.29, 1.82) is 0 Å². The lowest BCUT2D eigenvalue weighted by atomic mass is 10.1. The van der Waals surface area contributed by atoms with E-state index in [1.807, 2.05) is 31.2 Å². The van der Waals surface area contributed by atoms with E-state index in [0.717, 1.165) is 11.1 Å². The van der Waals surface area contributed by atoms with Crippen molar-refractivity contribution in [1.82, 2.24) is 5.32 Å². The lowest BCUT2D eigenvalue weighted by Gasteiger charge is -2.12. The van der Waals surface area contributed by atoms with E-state index in [4.69, 9.17) is 10.5 Å². The van der Waals surface area contributed by atoms with Crippen LogP contribution < -0.4 is 11.1 Å². The van der Waals surface area contributed by atoms with Crippen LogP contribution in [0.5, 0.6) is 0 Å². The summed E-state index contributed by atoms with van der Waals surface area (Å²) >= 11 is 0. The van der Waals surface area contributed by atoms with Crippen molar-refractivity contribution in [3.8, 4) is 0 Å². The number of nitrogens with one attached hydrogen (secondary N) is 1. The molecule has 21 heavy (non-hydrogen) atoms. The van der Waals surface area contributed by atoms with Gasteiger partial charge in [0.15, 0.2) is 0 Å². The van der Waals surface area contributed by atoms with E-state index in [0.29, 0.717) is 26.0 Å². The summed E-state index contributed by atoms with van der Waals surface area (Å²) in [5.41, 5.74) is 7.77. The Hall–Kier alpha value is -1.59. The molecule has 1 unspecified atom stereocenters. The largest absolute Gasteiger partial charge is 0.466 e. The maximum absolute atomic E-state index is 11.8. The first-order valence-corrected chi connectivity index (χ1v) is 6.80. The number of hydrogen-bond donors (Lipinski definition) is 2. The summed E-state index contributed by atoms with van der Waals surface area (Å²) < 4.78 is 4.80. The standard InChI is InChI=1S/C15H22N2O3.ClH/c1-3-20-13(18)5-4-10-17-15(19)14(16)12-8-6-11(2)7-9-12;/h6-9,14H,3-5,10,16H2,1-2H3,(H,17,19);1H. The van der Waals surface area contributed by atoms with Crippen LogP contribution in [0.25, 0.3) is 0 Å². The molecule has 0 saturated carbocycles. The highest BCUT2D eigenvalue weighted by atomic mass is 35.5. The Morgan fingerprint density at radius 2 is 1.90 bits per heavy atom. The van der Waals surface area contributed by atoms with Gasteiger partial charge in [-0.3, -0.25) is 9.59 Å². The Morgan fingerprint density at radius 1 is 1.29 bits per heavy atom. The van der Waals surface area contributed by atoms with Crippen molar-refractivity contribution in [3.63, 3.8) is 0 Å². The SMILES string of the molecule is CCOC(=O)CCCNC(=O)C(N)c1ccc(C)cc1.Cl. The van der Waals surface area contributed by atoms with Gasteiger partial charge in [0.25, 0.3) is 0 Å². The fourth-order valence-corrected chi connectivity index (χ4v) is 1.71. The third-order valence-electron chi connectivity index (χ3n) is 2.88. The summed E-state index contributed by atoms with van der Waals surface area (Å²) in [6, 6.07) is 6.85. The predicted molar refractivity (Wildman–Crippen MR) is 84.2 cm³/mol. The van der Waals surface area contributed by atoms with Crippen molar-refractivity contribution in [3.05, 3.63) is 35.4 Å². The van der Waals surface area contributed by atoms with Crippen molar-refractivity contribution in [2.45, 2.75) is 32.7 Å². The number of halogens is 1. The normalized spacial score (nSPS) is 11.2. The zero-order valence-electron chi connectivity index (χ0n) is 12.4. The second-order valence-electron chi connectivity index (χ2n) is 4.59. The Labute approximate surface area is 131 Å². The van der Waals surface area contributed by atoms with E-state index < -0.39 is 6.04 Å². The van der Waals surface area contributed by atoms with Gasteiger partial charge < -0.3 is 15.8 Å². The quantitative estimate of drug-likeness (QED) is 0.594. The van der Waals surface area contributed by atoms with Gasteiger partial charge in [0.05, 0.1) is 6.61 Å². The molecule has 1 aromatic carbocycles. The molecule has 1 rings (SSSR count). The Morgan fingerprint density at radius 3 is 2.48 bits per heavy atom. The van der Waals surface area contributed by atoms with Crippen LogP contribution in [-0.2, 0) is 14.3 Å². The average Bonchev–Trinajstić information content (AvgIpc) is 2.43. The van der Waals surface area contributed by atoms with Crippen molar-refractivity contribution in [2.24, 2.45) is 5.73 Å². The predicted octanol–water partition coefficient (Wildman–Crippen LogP) is 1.88. The Kier molecular flexibility index (Phi) is 9.41. The molecule has 0 spiro atoms. The minimum atomic E-state index is -0.682. The van der Waals surface area contributed by atoms with E-state index >= 15 is 0 Å². The molecule has 0 bridgehead atoms. The number of carbonyl (C=O) groups is 2. The number of esters is 1. The second-order valence-corrected chi connectivity index (χ2v) is 4.59. The zero-order valence-corrected chi connectivity index (χ0v) is 13.2. The molecule has 0 aliphatic heterocycles. The molecule has 0 heterocycles. The topological polar surface area (TPSA) is 81.4 Å². The number of aryl methyl sites for hydroxylation is 1. The molecule has 118 valence electrons. The summed E-state index contributed by atoms with van der Waals surface area (Å²) in [5.74, 6) is -0.484. The molecular formula is C15H23ClN2O3. The molecule has 5 nitrogen and oxygen atoms in total. The Bertz CT molecular complexity index is 449. The first-order chi connectivity index (χ1) is 9.54. The van der Waals surface area contributed by atoms with Gasteiger partial charge in [-0.05, 0) is 25.8 Å². The highest BCUT2D eigenvalue weighted by Crippen LogP contribution is 2.11. The van der Waals surface area contributed by atoms with Crippen molar-refractivity contribution < 1.29 is 14.3 Å². The summed E-state index contributed by atoms with van der Waals surface area (Å²) in [4.78, 5) is 23.0. The molecule has 6 heteroatoms. The fourth-order valence-electron chi connectivity index (χ4n) is 1.71. The highest BCUT2D eigenvalue weighted by molar-refractivity contribution is 5.85. The summed E-state index contributed by atoms with van der Waals surface area (Å²) in [6.45, 7) is 4.53. The molecule has 0 fully saturated rings. The summed E-state index contributed by atoms with van der Waals surface area (Å²) in [5, 5.41) is 2.72. The third kappa shape index (κ3) is 7.11. The zero-order chi connectivity index (χ0) is 15.0. The number of benzene rings is 1. The minimum Gasteiger partial charge on any atom is -0.466 e. The lowest BCUT2D eigenvalue weighted by Crippen LogP contribution is -2.34. The van der Waals surface area contributed by atoms with E-state index in [2.05, 4.69) is 5.32 Å². The van der Waals surface area contributed by atoms with Gasteiger partial charge >= 0.3 is 5.97 Å². The van der Waals surface area contributed by atoms with Crippen LogP contribution in [0.3, 0.4) is 0 Å². The number of nitrogens with two attached hydrogens (primary N) is 1. The van der Waals surface area contributed by atoms with Gasteiger partial charge in [-0.15, -0.1) is 12.4 Å². The minimum absolute atomic E-state index is 0. The molecular weight excluding hydrogens is 292 g/mol. The number of rotatable bonds is 7. The summed E-state index contributed by atoms with van der Waals surface area (Å²) in [6.07, 6.45) is 0.846. The van der Waals surface area contributed by atoms with E-state index in [1.54, 1.807) is 6.92 Å². The molecule has 0 aliphatic rings. The number of amides is 1. The molecule has 0 aromatic heterocycles. The molecule has 1 aromatic rings. The van der Waals surface area contributed by atoms with Crippen LogP contribution in [0, 0.1) is 6.92 Å². The molecule has 1 amide bonds. The van der Waals surface area contributed by atoms with Crippen LogP contribution in [0.15, 0.2) is 24.3 Å². The van der Waals surface area contributed by atoms with Gasteiger partial charge in [-0.25, -0.2) is 0 Å². The van der Waals surface area contributed by atoms with Crippen molar-refractivity contribution >= 4 is 24.3 Å². The first-order valence-electron chi connectivity index (χ1n) is 6.80. The molecule has 1 atom stereocenters. The number of carbonyl (C=O) groups excluding carboxylic acids is 2.